The average Bonchev–Trinajstić information content (AvgIpc) is 2.74. The largest absolute Gasteiger partial charge is 0.493 e. The second kappa shape index (κ2) is 7.97. The minimum atomic E-state index is -0.946. The molecule has 2 heterocycles. The van der Waals surface area contributed by atoms with Crippen LogP contribution in [0.4, 0.5) is 0 Å². The number of carbonyl (C=O) groups excluding carboxylic acids is 1. The Bertz CT molecular complexity index is 1160. The quantitative estimate of drug-likeness (QED) is 0.692. The van der Waals surface area contributed by atoms with Crippen molar-refractivity contribution < 1.29 is 23.7 Å². The fraction of sp³-hybridized carbons (Fsp3) is 0.350. The van der Waals surface area contributed by atoms with Crippen molar-refractivity contribution in [3.8, 4) is 17.4 Å². The summed E-state index contributed by atoms with van der Waals surface area (Å²) in [5.41, 5.74) is 5.43. The zero-order chi connectivity index (χ0) is 22.2. The molecular formula is C20H23N3O7. The molecule has 2 aromatic rings. The first kappa shape index (κ1) is 21.0. The predicted molar refractivity (Wildman–Crippen MR) is 107 cm³/mol. The second-order valence-electron chi connectivity index (χ2n) is 6.57. The number of esters is 1. The number of fused-ring (bicyclic) bond motifs is 1. The molecule has 0 saturated heterocycles. The molecule has 0 amide bonds. The van der Waals surface area contributed by atoms with Crippen molar-refractivity contribution in [1.82, 2.24) is 9.13 Å². The molecule has 0 bridgehead atoms. The van der Waals surface area contributed by atoms with Gasteiger partial charge < -0.3 is 24.7 Å². The van der Waals surface area contributed by atoms with Crippen LogP contribution in [0.5, 0.6) is 17.4 Å². The molecule has 0 radical (unpaired) electrons. The molecule has 3 rings (SSSR count). The molecule has 1 aromatic carbocycles. The lowest BCUT2D eigenvalue weighted by Gasteiger charge is -2.29. The van der Waals surface area contributed by atoms with E-state index in [2.05, 4.69) is 0 Å². The van der Waals surface area contributed by atoms with Gasteiger partial charge in [-0.2, -0.15) is 0 Å². The molecule has 10 heteroatoms. The van der Waals surface area contributed by atoms with E-state index in [9.17, 15) is 14.4 Å². The summed E-state index contributed by atoms with van der Waals surface area (Å²) < 4.78 is 23.5. The van der Waals surface area contributed by atoms with Crippen molar-refractivity contribution in [2.75, 3.05) is 20.8 Å². The third-order valence-electron chi connectivity index (χ3n) is 4.93. The van der Waals surface area contributed by atoms with E-state index in [-0.39, 0.29) is 29.5 Å². The maximum atomic E-state index is 13.1. The highest BCUT2D eigenvalue weighted by Gasteiger charge is 2.40. The van der Waals surface area contributed by atoms with Crippen LogP contribution < -0.4 is 31.2 Å². The van der Waals surface area contributed by atoms with Gasteiger partial charge in [0.1, 0.15) is 5.57 Å². The third kappa shape index (κ3) is 3.19. The molecule has 0 fully saturated rings. The highest BCUT2D eigenvalue weighted by Crippen LogP contribution is 2.42. The lowest BCUT2D eigenvalue weighted by Crippen LogP contribution is -2.43. The fourth-order valence-corrected chi connectivity index (χ4v) is 3.46. The molecule has 160 valence electrons. The SMILES string of the molecule is CCOC(=O)C1=C(N)Oc2c(c(=O)n(C)c(=O)n2C)[C@@H]1c1ccc(OC)c(OC)c1. The van der Waals surface area contributed by atoms with Gasteiger partial charge in [-0.05, 0) is 24.6 Å². The van der Waals surface area contributed by atoms with E-state index in [1.54, 1.807) is 25.1 Å². The number of rotatable bonds is 5. The van der Waals surface area contributed by atoms with Crippen molar-refractivity contribution in [1.29, 1.82) is 0 Å². The molecule has 0 unspecified atom stereocenters. The van der Waals surface area contributed by atoms with Gasteiger partial charge in [0.05, 0.1) is 32.3 Å². The lowest BCUT2D eigenvalue weighted by molar-refractivity contribution is -0.139. The molecule has 0 spiro atoms. The minimum Gasteiger partial charge on any atom is -0.493 e. The Kier molecular flexibility index (Phi) is 5.59. The van der Waals surface area contributed by atoms with Gasteiger partial charge in [0.15, 0.2) is 11.5 Å². The van der Waals surface area contributed by atoms with Gasteiger partial charge in [-0.3, -0.25) is 13.9 Å². The van der Waals surface area contributed by atoms with E-state index in [1.165, 1.54) is 32.9 Å². The summed E-state index contributed by atoms with van der Waals surface area (Å²) in [7, 11) is 5.77. The zero-order valence-corrected chi connectivity index (χ0v) is 17.3. The van der Waals surface area contributed by atoms with Gasteiger partial charge in [0.2, 0.25) is 11.8 Å². The summed E-state index contributed by atoms with van der Waals surface area (Å²) in [6.45, 7) is 1.76. The van der Waals surface area contributed by atoms with Crippen molar-refractivity contribution in [3.63, 3.8) is 0 Å². The van der Waals surface area contributed by atoms with Crippen LogP contribution in [0.3, 0.4) is 0 Å². The summed E-state index contributed by atoms with van der Waals surface area (Å²) in [5, 5.41) is 0. The Balaban J connectivity index is 2.38. The molecule has 0 aliphatic carbocycles. The average molecular weight is 417 g/mol. The molecule has 30 heavy (non-hydrogen) atoms. The van der Waals surface area contributed by atoms with Crippen molar-refractivity contribution >= 4 is 5.97 Å². The standard InChI is InChI=1S/C20H23N3O7/c1-6-29-19(25)14-13(10-7-8-11(27-4)12(9-10)28-5)15-17(24)22(2)20(26)23(3)18(15)30-16(14)21/h7-9,13H,6,21H2,1-5H3/t13-/m1/s1. The first-order valence-corrected chi connectivity index (χ1v) is 9.13. The highest BCUT2D eigenvalue weighted by atomic mass is 16.5. The number of benzene rings is 1. The Labute approximate surface area is 172 Å². The Morgan fingerprint density at radius 2 is 1.80 bits per heavy atom. The van der Waals surface area contributed by atoms with Crippen LogP contribution in [-0.2, 0) is 23.6 Å². The minimum absolute atomic E-state index is 0.0339. The van der Waals surface area contributed by atoms with Gasteiger partial charge in [-0.15, -0.1) is 0 Å². The van der Waals surface area contributed by atoms with Gasteiger partial charge >= 0.3 is 11.7 Å². The van der Waals surface area contributed by atoms with Gasteiger partial charge in [-0.25, -0.2) is 9.59 Å². The highest BCUT2D eigenvalue weighted by molar-refractivity contribution is 5.92. The normalized spacial score (nSPS) is 15.3. The first-order chi connectivity index (χ1) is 14.3. The van der Waals surface area contributed by atoms with Crippen molar-refractivity contribution in [3.05, 3.63) is 61.6 Å². The maximum absolute atomic E-state index is 13.1. The van der Waals surface area contributed by atoms with E-state index in [0.717, 1.165) is 4.57 Å². The number of hydrogen-bond acceptors (Lipinski definition) is 8. The third-order valence-corrected chi connectivity index (χ3v) is 4.93. The van der Waals surface area contributed by atoms with Crippen LogP contribution in [0.1, 0.15) is 24.0 Å². The summed E-state index contributed by atoms with van der Waals surface area (Å²) in [6, 6.07) is 4.96. The Hall–Kier alpha value is -3.69. The van der Waals surface area contributed by atoms with E-state index >= 15 is 0 Å². The number of nitrogens with two attached hydrogens (primary N) is 1. The number of hydrogen-bond donors (Lipinski definition) is 1. The van der Waals surface area contributed by atoms with E-state index < -0.39 is 23.1 Å². The fourth-order valence-electron chi connectivity index (χ4n) is 3.46. The van der Waals surface area contributed by atoms with Crippen LogP contribution in [0.15, 0.2) is 39.2 Å². The van der Waals surface area contributed by atoms with Gasteiger partial charge in [0.25, 0.3) is 5.56 Å². The first-order valence-electron chi connectivity index (χ1n) is 9.13. The van der Waals surface area contributed by atoms with Gasteiger partial charge in [-0.1, -0.05) is 6.07 Å². The van der Waals surface area contributed by atoms with E-state index in [0.29, 0.717) is 17.1 Å². The summed E-state index contributed by atoms with van der Waals surface area (Å²) in [4.78, 5) is 38.2. The number of aromatic nitrogens is 2. The summed E-state index contributed by atoms with van der Waals surface area (Å²) >= 11 is 0. The number of carbonyl (C=O) groups is 1. The molecule has 1 atom stereocenters. The smallest absolute Gasteiger partial charge is 0.340 e. The summed E-state index contributed by atoms with van der Waals surface area (Å²) in [6.07, 6.45) is 0. The topological polar surface area (TPSA) is 124 Å². The number of nitrogens with zero attached hydrogens (tertiary/aromatic N) is 2. The van der Waals surface area contributed by atoms with E-state index in [1.807, 2.05) is 0 Å². The molecule has 2 N–H and O–H groups in total. The zero-order valence-electron chi connectivity index (χ0n) is 17.3. The number of methoxy groups -OCH3 is 2. The second-order valence-corrected chi connectivity index (χ2v) is 6.57. The number of ether oxygens (including phenoxy) is 4. The molecule has 1 aliphatic heterocycles. The van der Waals surface area contributed by atoms with Crippen LogP contribution in [-0.4, -0.2) is 35.9 Å². The van der Waals surface area contributed by atoms with Crippen LogP contribution in [0.2, 0.25) is 0 Å². The molecule has 1 aliphatic rings. The lowest BCUT2D eigenvalue weighted by atomic mass is 9.84. The van der Waals surface area contributed by atoms with Crippen LogP contribution in [0, 0.1) is 0 Å². The Morgan fingerprint density at radius 3 is 2.40 bits per heavy atom. The predicted octanol–water partition coefficient (Wildman–Crippen LogP) is 0.359. The van der Waals surface area contributed by atoms with Crippen molar-refractivity contribution in [2.24, 2.45) is 19.8 Å². The van der Waals surface area contributed by atoms with Gasteiger partial charge in [0, 0.05) is 14.1 Å². The Morgan fingerprint density at radius 1 is 1.13 bits per heavy atom. The molecule has 1 aromatic heterocycles. The summed E-state index contributed by atoms with van der Waals surface area (Å²) in [5.74, 6) is -1.09. The molecule has 10 nitrogen and oxygen atoms in total. The van der Waals surface area contributed by atoms with Crippen LogP contribution >= 0.6 is 0 Å². The van der Waals surface area contributed by atoms with Crippen LogP contribution in [0.25, 0.3) is 0 Å². The maximum Gasteiger partial charge on any atom is 0.340 e. The van der Waals surface area contributed by atoms with E-state index in [4.69, 9.17) is 24.7 Å². The van der Waals surface area contributed by atoms with Crippen molar-refractivity contribution in [2.45, 2.75) is 12.8 Å². The molecule has 0 saturated carbocycles. The monoisotopic (exact) mass is 417 g/mol. The molecular weight excluding hydrogens is 394 g/mol.